The number of amidine groups is 1. The zero-order valence-electron chi connectivity index (χ0n) is 55.5. The van der Waals surface area contributed by atoms with Crippen LogP contribution in [0.25, 0.3) is 11.2 Å². The number of hydrogen-bond donors (Lipinski definition) is 4. The number of aryl methyl sites for hydroxylation is 1. The summed E-state index contributed by atoms with van der Waals surface area (Å²) in [6.07, 6.45) is 17.2. The van der Waals surface area contributed by atoms with Crippen LogP contribution >= 0.6 is 0 Å². The van der Waals surface area contributed by atoms with Crippen molar-refractivity contribution >= 4 is 69.8 Å². The van der Waals surface area contributed by atoms with E-state index in [2.05, 4.69) is 37.9 Å². The number of aromatic carboxylic acids is 2. The Hall–Kier alpha value is -8.32. The van der Waals surface area contributed by atoms with Crippen molar-refractivity contribution in [3.63, 3.8) is 0 Å². The normalized spacial score (nSPS) is 23.3. The minimum Gasteiger partial charge on any atom is -0.478 e. The summed E-state index contributed by atoms with van der Waals surface area (Å²) in [7, 11) is 1.44. The summed E-state index contributed by atoms with van der Waals surface area (Å²) in [4.78, 5) is 81.3. The van der Waals surface area contributed by atoms with Gasteiger partial charge in [-0.05, 0) is 184 Å². The van der Waals surface area contributed by atoms with Crippen LogP contribution in [0.3, 0.4) is 0 Å². The molecule has 5 N–H and O–H groups in total. The number of aromatic nitrogens is 6. The molecule has 6 aromatic rings. The Labute approximate surface area is 553 Å². The molecule has 9 aliphatic rings. The first-order chi connectivity index (χ1) is 45.8. The molecule has 24 heteroatoms. The molecule has 3 aromatic heterocycles. The first kappa shape index (κ1) is 65.3. The molecule has 0 bridgehead atoms. The fraction of sp³-hybridized carbons (Fsp3) is 0.549. The molecule has 5 saturated heterocycles. The predicted octanol–water partition coefficient (Wildman–Crippen LogP) is 9.78. The summed E-state index contributed by atoms with van der Waals surface area (Å²) < 4.78 is 30.4. The zero-order chi connectivity index (χ0) is 66.3. The quantitative estimate of drug-likeness (QED) is 0.103. The van der Waals surface area contributed by atoms with Crippen molar-refractivity contribution in [2.24, 2.45) is 21.6 Å². The zero-order valence-corrected chi connectivity index (χ0v) is 55.5. The average Bonchev–Trinajstić information content (AvgIpc) is 1.63. The first-order valence-corrected chi connectivity index (χ1v) is 34.0. The van der Waals surface area contributed by atoms with Gasteiger partial charge in [0.05, 0.1) is 79.9 Å². The van der Waals surface area contributed by atoms with Crippen molar-refractivity contribution < 1.29 is 53.1 Å². The standard InChI is InChI=1S/C34H45N7O6.C25H30N6O3.C12H14O2/c1-21-28(37-32(44)47-33(2,3)4)34(20-46-21)13-16-39(17-14-34)25-19-35-27-29(36-25)41(26-12-5-6-18-45-26)38-30(27)40-15-8-10-22-23(31(42)43)9-7-11-24(22)40;1-15-22(26)25(14-34-15)7-10-30(11-8-25)20-13-27-21-18(29-20)12-28-23(21)31-9-3-5-16-17(24(32)33)4-2-6-19(16)31;1-14-12(13)11-8-4-6-9-5-2-3-7-10(9)11/h7,9,11,19,21,26,28H,5-6,8,10,12-18,20H2,1-4H3,(H,37,44)(H,42,43);2,4,6,13,15,22H,3,5,7-12,14,26H2,1H3,(H,32,33);4,6,8H,2-3,5,7H2,1H3/t21-,26?,28+;15-,22+;/m00./s1. The molecule has 0 radical (unpaired) electrons. The summed E-state index contributed by atoms with van der Waals surface area (Å²) >= 11 is 0. The van der Waals surface area contributed by atoms with Gasteiger partial charge in [-0.25, -0.2) is 43.8 Å². The minimum absolute atomic E-state index is 0.0762. The molecule has 5 atom stereocenters. The molecule has 15 rings (SSSR count). The number of benzene rings is 3. The van der Waals surface area contributed by atoms with Gasteiger partial charge in [-0.1, -0.05) is 24.3 Å². The summed E-state index contributed by atoms with van der Waals surface area (Å²) in [5.74, 6) is 1.10. The number of hydrogen-bond acceptors (Lipinski definition) is 20. The van der Waals surface area contributed by atoms with Crippen LogP contribution in [-0.4, -0.2) is 166 Å². The second-order valence-corrected chi connectivity index (χ2v) is 27.9. The number of alkyl carbamates (subject to hydrolysis) is 1. The summed E-state index contributed by atoms with van der Waals surface area (Å²) in [6, 6.07) is 16.7. The molecule has 0 saturated carbocycles. The Balaban J connectivity index is 0.000000147. The topological polar surface area (TPSA) is 288 Å². The van der Waals surface area contributed by atoms with E-state index in [9.17, 15) is 29.4 Å². The number of ether oxygens (including phenoxy) is 5. The lowest BCUT2D eigenvalue weighted by molar-refractivity contribution is -0.0368. The Morgan fingerprint density at radius 3 is 1.92 bits per heavy atom. The van der Waals surface area contributed by atoms with Crippen molar-refractivity contribution in [3.8, 4) is 0 Å². The third kappa shape index (κ3) is 13.0. The van der Waals surface area contributed by atoms with Crippen molar-refractivity contribution in [1.29, 1.82) is 0 Å². The average molecular weight is 1300 g/mol. The highest BCUT2D eigenvalue weighted by Crippen LogP contribution is 2.46. The number of nitrogens with one attached hydrogen (secondary N) is 1. The number of aliphatic imine (C=N–C) groups is 1. The predicted molar refractivity (Wildman–Crippen MR) is 358 cm³/mol. The number of methoxy groups -OCH3 is 1. The van der Waals surface area contributed by atoms with Gasteiger partial charge in [0.25, 0.3) is 0 Å². The van der Waals surface area contributed by atoms with Crippen LogP contribution in [0.2, 0.25) is 0 Å². The van der Waals surface area contributed by atoms with Gasteiger partial charge in [-0.3, -0.25) is 4.99 Å². The lowest BCUT2D eigenvalue weighted by Gasteiger charge is -2.42. The van der Waals surface area contributed by atoms with Gasteiger partial charge in [0.1, 0.15) is 22.9 Å². The van der Waals surface area contributed by atoms with E-state index < -0.39 is 23.6 Å². The maximum atomic E-state index is 12.7. The van der Waals surface area contributed by atoms with Gasteiger partial charge >= 0.3 is 24.0 Å². The molecule has 1 aliphatic carbocycles. The fourth-order valence-corrected chi connectivity index (χ4v) is 15.8. The van der Waals surface area contributed by atoms with Gasteiger partial charge in [-0.15, -0.1) is 5.10 Å². The number of nitrogens with zero attached hydrogens (tertiary/aromatic N) is 11. The van der Waals surface area contributed by atoms with Gasteiger partial charge in [-0.2, -0.15) is 0 Å². The molecule has 1 unspecified atom stereocenters. The van der Waals surface area contributed by atoms with Crippen molar-refractivity contribution in [2.45, 2.75) is 174 Å². The van der Waals surface area contributed by atoms with Crippen LogP contribution in [-0.2, 0) is 55.9 Å². The second kappa shape index (κ2) is 27.1. The Bertz CT molecular complexity index is 3900. The number of piperidine rings is 2. The van der Waals surface area contributed by atoms with Crippen LogP contribution in [0.5, 0.6) is 0 Å². The second-order valence-electron chi connectivity index (χ2n) is 27.9. The number of carbonyl (C=O) groups excluding carboxylic acids is 2. The molecule has 5 fully saturated rings. The number of carbonyl (C=O) groups is 4. The van der Waals surface area contributed by atoms with E-state index in [1.807, 2.05) is 69.0 Å². The fourth-order valence-electron chi connectivity index (χ4n) is 15.8. The van der Waals surface area contributed by atoms with Crippen LogP contribution in [0.4, 0.5) is 33.6 Å². The molecule has 504 valence electrons. The van der Waals surface area contributed by atoms with Crippen LogP contribution in [0.1, 0.15) is 176 Å². The van der Waals surface area contributed by atoms with E-state index in [1.54, 1.807) is 24.3 Å². The third-order valence-corrected chi connectivity index (χ3v) is 20.9. The molecule has 24 nitrogen and oxygen atoms in total. The molecular weight excluding hydrogens is 1210 g/mol. The summed E-state index contributed by atoms with van der Waals surface area (Å²) in [5, 5.41) is 27.7. The SMILES string of the molecule is COC(=O)c1cccc2c1CCCC2.C[C@@H]1OCC2(CCN(c3cnc4c(N5CCCc6c(C(=O)O)cccc65)nn(C5CCCCO5)c4n3)CC2)[C@@H]1NC(=O)OC(C)(C)C.C[C@@H]1OCC2(CCN(c3cnc4c(n3)CN=C4N3CCCc4c(C(=O)O)cccc43)CC2)[C@@H]1N. The van der Waals surface area contributed by atoms with E-state index in [0.29, 0.717) is 60.8 Å². The van der Waals surface area contributed by atoms with E-state index in [-0.39, 0.29) is 47.3 Å². The van der Waals surface area contributed by atoms with E-state index in [1.165, 1.54) is 31.1 Å². The molecule has 3 aromatic carbocycles. The largest absolute Gasteiger partial charge is 0.478 e. The van der Waals surface area contributed by atoms with Crippen molar-refractivity contribution in [1.82, 2.24) is 35.0 Å². The highest BCUT2D eigenvalue weighted by molar-refractivity contribution is 6.12. The van der Waals surface area contributed by atoms with Gasteiger partial charge in [0.15, 0.2) is 29.0 Å². The van der Waals surface area contributed by atoms with Crippen molar-refractivity contribution in [3.05, 3.63) is 117 Å². The number of anilines is 5. The number of nitrogens with two attached hydrogens (primary N) is 1. The summed E-state index contributed by atoms with van der Waals surface area (Å²) in [5.41, 5.74) is 16.2. The smallest absolute Gasteiger partial charge is 0.407 e. The number of amides is 1. The third-order valence-electron chi connectivity index (χ3n) is 20.9. The Kier molecular flexibility index (Phi) is 18.6. The molecule has 95 heavy (non-hydrogen) atoms. The van der Waals surface area contributed by atoms with Gasteiger partial charge in [0.2, 0.25) is 0 Å². The molecule has 8 aliphatic heterocycles. The number of rotatable bonds is 8. The first-order valence-electron chi connectivity index (χ1n) is 34.0. The van der Waals surface area contributed by atoms with Crippen LogP contribution in [0.15, 0.2) is 72.0 Å². The van der Waals surface area contributed by atoms with Crippen LogP contribution in [0, 0.1) is 10.8 Å². The maximum absolute atomic E-state index is 12.7. The van der Waals surface area contributed by atoms with E-state index in [4.69, 9.17) is 59.4 Å². The lowest BCUT2D eigenvalue weighted by Crippen LogP contribution is -2.55. The van der Waals surface area contributed by atoms with Crippen molar-refractivity contribution in [2.75, 3.05) is 85.8 Å². The Morgan fingerprint density at radius 1 is 0.674 bits per heavy atom. The summed E-state index contributed by atoms with van der Waals surface area (Å²) in [6.45, 7) is 16.9. The van der Waals surface area contributed by atoms with Crippen LogP contribution < -0.4 is 30.7 Å². The highest BCUT2D eigenvalue weighted by Gasteiger charge is 2.51. The molecule has 11 heterocycles. The number of carboxylic acids is 2. The monoisotopic (exact) mass is 1300 g/mol. The minimum atomic E-state index is -0.923. The van der Waals surface area contributed by atoms with Gasteiger partial charge < -0.3 is 64.5 Å². The molecular formula is C71H89N13O11. The highest BCUT2D eigenvalue weighted by atomic mass is 16.6. The number of carboxylic acid groups (broad SMARTS) is 2. The number of fused-ring (bicyclic) bond motifs is 5. The Morgan fingerprint density at radius 2 is 1.27 bits per heavy atom. The maximum Gasteiger partial charge on any atom is 0.407 e. The van der Waals surface area contributed by atoms with E-state index >= 15 is 0 Å². The lowest BCUT2D eigenvalue weighted by atomic mass is 9.73. The van der Waals surface area contributed by atoms with E-state index in [0.717, 1.165) is 173 Å². The van der Waals surface area contributed by atoms with Gasteiger partial charge in [0, 0.05) is 74.1 Å². The number of esters is 1. The molecule has 2 spiro atoms. The molecule has 1 amide bonds.